The number of phenolic OH excluding ortho intramolecular Hbond substituents is 1. The lowest BCUT2D eigenvalue weighted by molar-refractivity contribution is 0.198. The number of unbranched alkanes of at least 4 members (excludes halogenated alkanes) is 14. The molecule has 0 aliphatic carbocycles. The largest absolute Gasteiger partial charge is 0.508 e. The fourth-order valence-corrected chi connectivity index (χ4v) is 5.93. The van der Waals surface area contributed by atoms with Gasteiger partial charge in [0.15, 0.2) is 0 Å². The van der Waals surface area contributed by atoms with Crippen LogP contribution in [-0.4, -0.2) is 18.3 Å². The first-order chi connectivity index (χ1) is 19.5. The zero-order valence-corrected chi connectivity index (χ0v) is 26.9. The Labute approximate surface area is 247 Å². The molecule has 0 radical (unpaired) electrons. The molecule has 0 unspecified atom stereocenters. The van der Waals surface area contributed by atoms with Gasteiger partial charge in [-0.25, -0.2) is 0 Å². The lowest BCUT2D eigenvalue weighted by Crippen LogP contribution is -2.18. The molecule has 0 aromatic heterocycles. The van der Waals surface area contributed by atoms with E-state index in [0.29, 0.717) is 13.2 Å². The molecule has 2 aromatic rings. The van der Waals surface area contributed by atoms with Crippen LogP contribution in [0.1, 0.15) is 142 Å². The summed E-state index contributed by atoms with van der Waals surface area (Å²) >= 11 is 0. The Bertz CT molecular complexity index is 844. The van der Waals surface area contributed by atoms with Crippen molar-refractivity contribution < 1.29 is 18.7 Å². The van der Waals surface area contributed by atoms with Crippen LogP contribution in [0.4, 0.5) is 0 Å². The highest BCUT2D eigenvalue weighted by Gasteiger charge is 2.23. The minimum Gasteiger partial charge on any atom is -0.508 e. The third-order valence-electron chi connectivity index (χ3n) is 7.73. The van der Waals surface area contributed by atoms with Crippen molar-refractivity contribution in [1.82, 2.24) is 0 Å². The number of hydrogen-bond acceptors (Lipinski definition) is 4. The van der Waals surface area contributed by atoms with E-state index >= 15 is 0 Å². The zero-order chi connectivity index (χ0) is 28.9. The molecular formula is C35H57O4P. The van der Waals surface area contributed by atoms with Gasteiger partial charge in [0, 0.05) is 5.41 Å². The van der Waals surface area contributed by atoms with Crippen LogP contribution in [-0.2, 0) is 14.5 Å². The predicted molar refractivity (Wildman–Crippen MR) is 171 cm³/mol. The van der Waals surface area contributed by atoms with E-state index in [-0.39, 0.29) is 11.2 Å². The summed E-state index contributed by atoms with van der Waals surface area (Å²) in [6.07, 6.45) is 20.5. The first-order valence-electron chi connectivity index (χ1n) is 16.1. The quantitative estimate of drug-likeness (QED) is 0.100. The maximum absolute atomic E-state index is 9.66. The first-order valence-corrected chi connectivity index (χ1v) is 17.2. The van der Waals surface area contributed by atoms with Gasteiger partial charge in [0.05, 0.1) is 13.2 Å². The lowest BCUT2D eigenvalue weighted by Gasteiger charge is -2.26. The van der Waals surface area contributed by atoms with Gasteiger partial charge < -0.3 is 18.7 Å². The van der Waals surface area contributed by atoms with Gasteiger partial charge in [-0.3, -0.25) is 0 Å². The van der Waals surface area contributed by atoms with Crippen molar-refractivity contribution in [3.63, 3.8) is 0 Å². The Morgan fingerprint density at radius 1 is 0.550 bits per heavy atom. The van der Waals surface area contributed by atoms with Gasteiger partial charge in [-0.15, -0.1) is 0 Å². The summed E-state index contributed by atoms with van der Waals surface area (Å²) in [4.78, 5) is 0. The molecule has 0 atom stereocenters. The van der Waals surface area contributed by atoms with E-state index in [1.807, 2.05) is 24.3 Å². The van der Waals surface area contributed by atoms with Crippen molar-refractivity contribution in [2.24, 2.45) is 0 Å². The highest BCUT2D eigenvalue weighted by Crippen LogP contribution is 2.42. The Balaban J connectivity index is 1.83. The van der Waals surface area contributed by atoms with Crippen LogP contribution in [0.5, 0.6) is 11.5 Å². The Morgan fingerprint density at radius 3 is 1.35 bits per heavy atom. The molecular weight excluding hydrogens is 515 g/mol. The second-order valence-electron chi connectivity index (χ2n) is 11.6. The van der Waals surface area contributed by atoms with Gasteiger partial charge in [-0.1, -0.05) is 142 Å². The van der Waals surface area contributed by atoms with Crippen LogP contribution in [0.25, 0.3) is 0 Å². The summed E-state index contributed by atoms with van der Waals surface area (Å²) in [5.41, 5.74) is 2.16. The van der Waals surface area contributed by atoms with Gasteiger partial charge in [0.2, 0.25) is 0 Å². The molecule has 0 amide bonds. The van der Waals surface area contributed by atoms with Crippen molar-refractivity contribution >= 4 is 8.60 Å². The Hall–Kier alpha value is -1.61. The van der Waals surface area contributed by atoms with Crippen molar-refractivity contribution in [3.8, 4) is 11.5 Å². The van der Waals surface area contributed by atoms with Gasteiger partial charge in [0.1, 0.15) is 11.5 Å². The summed E-state index contributed by atoms with van der Waals surface area (Å²) in [5.74, 6) is 1.07. The average molecular weight is 573 g/mol. The Kier molecular flexibility index (Phi) is 18.3. The summed E-state index contributed by atoms with van der Waals surface area (Å²) < 4.78 is 18.5. The third kappa shape index (κ3) is 14.3. The molecule has 2 aromatic carbocycles. The second kappa shape index (κ2) is 21.1. The molecule has 0 heterocycles. The van der Waals surface area contributed by atoms with Crippen molar-refractivity contribution in [1.29, 1.82) is 0 Å². The number of aromatic hydroxyl groups is 1. The maximum atomic E-state index is 9.66. The third-order valence-corrected chi connectivity index (χ3v) is 8.88. The van der Waals surface area contributed by atoms with Crippen LogP contribution < -0.4 is 4.52 Å². The van der Waals surface area contributed by atoms with Gasteiger partial charge in [-0.2, -0.15) is 0 Å². The monoisotopic (exact) mass is 572 g/mol. The van der Waals surface area contributed by atoms with Crippen LogP contribution in [0.2, 0.25) is 0 Å². The molecule has 0 aliphatic rings. The molecule has 0 spiro atoms. The predicted octanol–water partition coefficient (Wildman–Crippen LogP) is 11.6. The van der Waals surface area contributed by atoms with Crippen LogP contribution in [0.3, 0.4) is 0 Å². The first kappa shape index (κ1) is 34.6. The smallest absolute Gasteiger partial charge is 0.397 e. The summed E-state index contributed by atoms with van der Waals surface area (Å²) in [6, 6.07) is 15.7. The lowest BCUT2D eigenvalue weighted by atomic mass is 9.78. The van der Waals surface area contributed by atoms with Gasteiger partial charge in [-0.05, 0) is 48.2 Å². The molecule has 226 valence electrons. The molecule has 5 heteroatoms. The maximum Gasteiger partial charge on any atom is 0.397 e. The molecule has 0 bridgehead atoms. The van der Waals surface area contributed by atoms with E-state index in [0.717, 1.165) is 24.2 Å². The molecule has 40 heavy (non-hydrogen) atoms. The summed E-state index contributed by atoms with van der Waals surface area (Å²) in [5, 5.41) is 9.66. The Morgan fingerprint density at radius 2 is 0.925 bits per heavy atom. The van der Waals surface area contributed by atoms with E-state index in [4.69, 9.17) is 13.6 Å². The normalized spacial score (nSPS) is 11.8. The molecule has 1 N–H and O–H groups in total. The molecule has 0 aliphatic heterocycles. The zero-order valence-electron chi connectivity index (χ0n) is 26.0. The fraction of sp³-hybridized carbons (Fsp3) is 0.657. The average Bonchev–Trinajstić information content (AvgIpc) is 2.95. The second-order valence-corrected chi connectivity index (χ2v) is 12.8. The number of hydrogen-bond donors (Lipinski definition) is 1. The van der Waals surface area contributed by atoms with E-state index in [1.54, 1.807) is 12.1 Å². The van der Waals surface area contributed by atoms with E-state index < -0.39 is 8.60 Å². The molecule has 0 saturated carbocycles. The minimum atomic E-state index is -1.42. The number of rotatable bonds is 24. The van der Waals surface area contributed by atoms with E-state index in [2.05, 4.69) is 39.8 Å². The number of phenols is 1. The topological polar surface area (TPSA) is 47.9 Å². The van der Waals surface area contributed by atoms with Gasteiger partial charge in [0.25, 0.3) is 0 Å². The van der Waals surface area contributed by atoms with Crippen molar-refractivity contribution in [2.45, 2.75) is 136 Å². The van der Waals surface area contributed by atoms with Crippen LogP contribution in [0.15, 0.2) is 48.5 Å². The van der Waals surface area contributed by atoms with Gasteiger partial charge >= 0.3 is 8.60 Å². The van der Waals surface area contributed by atoms with Crippen LogP contribution >= 0.6 is 8.60 Å². The SMILES string of the molecule is CCCCCCCCCCOP(OCCCCCCCCCC)Oc1ccc(C(C)(C)c2ccc(O)cc2)cc1. The molecule has 0 fully saturated rings. The van der Waals surface area contributed by atoms with Crippen molar-refractivity contribution in [3.05, 3.63) is 59.7 Å². The highest BCUT2D eigenvalue weighted by molar-refractivity contribution is 7.42. The summed E-state index contributed by atoms with van der Waals surface area (Å²) in [7, 11) is -1.42. The molecule has 2 rings (SSSR count). The minimum absolute atomic E-state index is 0.183. The van der Waals surface area contributed by atoms with E-state index in [1.165, 1.54) is 95.5 Å². The highest BCUT2D eigenvalue weighted by atomic mass is 31.2. The standard InChI is InChI=1S/C35H57O4P/c1-5-7-9-11-13-15-17-19-29-37-40(38-30-20-18-16-14-12-10-8-6-2)39-34-27-23-32(24-28-34)35(3,4)31-21-25-33(36)26-22-31/h21-28,36H,5-20,29-30H2,1-4H3. The van der Waals surface area contributed by atoms with Crippen LogP contribution in [0, 0.1) is 0 Å². The van der Waals surface area contributed by atoms with Crippen molar-refractivity contribution in [2.75, 3.05) is 13.2 Å². The van der Waals surface area contributed by atoms with E-state index in [9.17, 15) is 5.11 Å². The molecule has 4 nitrogen and oxygen atoms in total. The summed E-state index contributed by atoms with van der Waals surface area (Å²) in [6.45, 7) is 10.3. The number of benzene rings is 2. The fourth-order valence-electron chi connectivity index (χ4n) is 4.90. The molecule has 0 saturated heterocycles.